The van der Waals surface area contributed by atoms with Gasteiger partial charge in [0.05, 0.1) is 0 Å². The topological polar surface area (TPSA) is 49.4 Å². The first-order valence-electron chi connectivity index (χ1n) is 5.56. The Balaban J connectivity index is 2.21. The van der Waals surface area contributed by atoms with Crippen LogP contribution in [0.1, 0.15) is 24.8 Å². The highest BCUT2D eigenvalue weighted by molar-refractivity contribution is 5.95. The molecule has 0 saturated heterocycles. The number of para-hydroxylation sites is 1. The van der Waals surface area contributed by atoms with Crippen molar-refractivity contribution in [2.24, 2.45) is 0 Å². The molecular weight excluding hydrogens is 216 g/mol. The summed E-state index contributed by atoms with van der Waals surface area (Å²) in [6.45, 7) is 1.91. The summed E-state index contributed by atoms with van der Waals surface area (Å²) in [5.41, 5.74) is 2.21. The number of esters is 1. The van der Waals surface area contributed by atoms with Gasteiger partial charge in [0.2, 0.25) is 0 Å². The lowest BCUT2D eigenvalue weighted by atomic mass is 9.80. The molecule has 1 aromatic carbocycles. The zero-order chi connectivity index (χ0) is 12.0. The van der Waals surface area contributed by atoms with Crippen molar-refractivity contribution in [1.29, 1.82) is 0 Å². The van der Waals surface area contributed by atoms with Gasteiger partial charge in [0, 0.05) is 17.1 Å². The Morgan fingerprint density at radius 2 is 2.12 bits per heavy atom. The molecule has 0 amide bonds. The zero-order valence-electron chi connectivity index (χ0n) is 9.40. The van der Waals surface area contributed by atoms with Crippen LogP contribution in [0.2, 0.25) is 0 Å². The average molecular weight is 227 g/mol. The van der Waals surface area contributed by atoms with E-state index in [9.17, 15) is 9.90 Å². The van der Waals surface area contributed by atoms with Crippen LogP contribution in [0, 0.1) is 0 Å². The van der Waals surface area contributed by atoms with Gasteiger partial charge in [0.1, 0.15) is 5.75 Å². The van der Waals surface area contributed by atoms with Gasteiger partial charge in [-0.1, -0.05) is 35.6 Å². The molecule has 0 bridgehead atoms. The molecule has 0 saturated carbocycles. The molecule has 1 atom stereocenters. The lowest BCUT2D eigenvalue weighted by molar-refractivity contribution is -0.297. The van der Waals surface area contributed by atoms with Gasteiger partial charge in [0.25, 0.3) is 0 Å². The fraction of sp³-hybridized carbons (Fsp3) is 0.214. The highest BCUT2D eigenvalue weighted by Crippen LogP contribution is 2.43. The molecule has 0 aromatic heterocycles. The van der Waals surface area contributed by atoms with Crippen LogP contribution in [0.4, 0.5) is 0 Å². The second-order valence-corrected chi connectivity index (χ2v) is 4.45. The summed E-state index contributed by atoms with van der Waals surface area (Å²) in [7, 11) is 0. The lowest BCUT2D eigenvalue weighted by Crippen LogP contribution is -2.29. The van der Waals surface area contributed by atoms with E-state index in [1.165, 1.54) is 6.08 Å². The third kappa shape index (κ3) is 1.46. The van der Waals surface area contributed by atoms with E-state index in [4.69, 9.17) is 4.74 Å². The summed E-state index contributed by atoms with van der Waals surface area (Å²) in [5, 5.41) is 11.8. The number of carbonyl (C=O) groups excluding carboxylic acids is 1. The standard InChI is InChI=1S/C14H12O3/c1-8-6-10-9-4-2-3-5-12(9)17-14(16)13(10)11(15)7-8/h2-5,7,10,15H,6H2,1H3/p-1. The second-order valence-electron chi connectivity index (χ2n) is 4.45. The second kappa shape index (κ2) is 3.48. The summed E-state index contributed by atoms with van der Waals surface area (Å²) in [6, 6.07) is 7.40. The van der Waals surface area contributed by atoms with Gasteiger partial charge in [-0.25, -0.2) is 4.79 Å². The molecule has 0 N–H and O–H groups in total. The van der Waals surface area contributed by atoms with Gasteiger partial charge in [-0.3, -0.25) is 0 Å². The van der Waals surface area contributed by atoms with Gasteiger partial charge in [0.15, 0.2) is 0 Å². The smallest absolute Gasteiger partial charge is 0.339 e. The number of hydrogen-bond donors (Lipinski definition) is 0. The molecule has 1 aliphatic heterocycles. The SMILES string of the molecule is CC1=CC([O-])=C2C(=O)Oc3ccccc3C2C1. The number of rotatable bonds is 0. The molecule has 1 aliphatic carbocycles. The Kier molecular flexibility index (Phi) is 2.08. The summed E-state index contributed by atoms with van der Waals surface area (Å²) < 4.78 is 5.18. The molecule has 3 heteroatoms. The minimum absolute atomic E-state index is 0.134. The molecule has 17 heavy (non-hydrogen) atoms. The van der Waals surface area contributed by atoms with Crippen molar-refractivity contribution in [3.8, 4) is 5.75 Å². The first-order valence-corrected chi connectivity index (χ1v) is 5.56. The van der Waals surface area contributed by atoms with Gasteiger partial charge in [-0.2, -0.15) is 0 Å². The van der Waals surface area contributed by atoms with Gasteiger partial charge in [-0.15, -0.1) is 0 Å². The summed E-state index contributed by atoms with van der Waals surface area (Å²) in [4.78, 5) is 11.8. The number of ether oxygens (including phenoxy) is 1. The van der Waals surface area contributed by atoms with E-state index < -0.39 is 5.97 Å². The fourth-order valence-corrected chi connectivity index (χ4v) is 2.48. The van der Waals surface area contributed by atoms with Gasteiger partial charge >= 0.3 is 5.97 Å². The Labute approximate surface area is 99.0 Å². The van der Waals surface area contributed by atoms with Crippen LogP contribution in [-0.4, -0.2) is 5.97 Å². The van der Waals surface area contributed by atoms with E-state index in [1.807, 2.05) is 25.1 Å². The van der Waals surface area contributed by atoms with Crippen LogP contribution in [0.15, 0.2) is 47.2 Å². The maximum Gasteiger partial charge on any atom is 0.339 e. The summed E-state index contributed by atoms with van der Waals surface area (Å²) in [5.74, 6) is -0.264. The van der Waals surface area contributed by atoms with Crippen molar-refractivity contribution in [2.45, 2.75) is 19.3 Å². The Morgan fingerprint density at radius 3 is 2.94 bits per heavy atom. The first-order chi connectivity index (χ1) is 8.16. The van der Waals surface area contributed by atoms with Gasteiger partial charge < -0.3 is 9.84 Å². The molecule has 0 radical (unpaired) electrons. The maximum absolute atomic E-state index is 11.8. The van der Waals surface area contributed by atoms with Crippen molar-refractivity contribution in [3.05, 3.63) is 52.8 Å². The van der Waals surface area contributed by atoms with Crippen LogP contribution in [0.3, 0.4) is 0 Å². The molecule has 3 rings (SSSR count). The van der Waals surface area contributed by atoms with E-state index in [2.05, 4.69) is 0 Å². The van der Waals surface area contributed by atoms with E-state index in [1.54, 1.807) is 6.07 Å². The van der Waals surface area contributed by atoms with Crippen molar-refractivity contribution in [2.75, 3.05) is 0 Å². The summed E-state index contributed by atoms with van der Waals surface area (Å²) >= 11 is 0. The van der Waals surface area contributed by atoms with E-state index >= 15 is 0 Å². The van der Waals surface area contributed by atoms with Crippen molar-refractivity contribution in [3.63, 3.8) is 0 Å². The Morgan fingerprint density at radius 1 is 1.35 bits per heavy atom. The highest BCUT2D eigenvalue weighted by Gasteiger charge is 2.33. The van der Waals surface area contributed by atoms with Crippen molar-refractivity contribution < 1.29 is 14.6 Å². The predicted octanol–water partition coefficient (Wildman–Crippen LogP) is 1.65. The molecular formula is C14H11O3-. The van der Waals surface area contributed by atoms with Gasteiger partial charge in [-0.05, 0) is 19.4 Å². The minimum Gasteiger partial charge on any atom is -0.872 e. The molecule has 86 valence electrons. The normalized spacial score (nSPS) is 22.5. The van der Waals surface area contributed by atoms with Crippen LogP contribution >= 0.6 is 0 Å². The minimum atomic E-state index is -0.498. The van der Waals surface area contributed by atoms with E-state index in [-0.39, 0.29) is 17.3 Å². The molecule has 1 unspecified atom stereocenters. The largest absolute Gasteiger partial charge is 0.872 e. The van der Waals surface area contributed by atoms with E-state index in [0.29, 0.717) is 12.2 Å². The van der Waals surface area contributed by atoms with Crippen LogP contribution < -0.4 is 9.84 Å². The maximum atomic E-state index is 11.8. The van der Waals surface area contributed by atoms with Crippen LogP contribution in [0.5, 0.6) is 5.75 Å². The average Bonchev–Trinajstić information content (AvgIpc) is 2.28. The molecule has 1 heterocycles. The first kappa shape index (κ1) is 10.1. The molecule has 1 aromatic rings. The Bertz CT molecular complexity index is 567. The number of carbonyl (C=O) groups is 1. The van der Waals surface area contributed by atoms with Crippen LogP contribution in [0.25, 0.3) is 0 Å². The number of hydrogen-bond acceptors (Lipinski definition) is 3. The fourth-order valence-electron chi connectivity index (χ4n) is 2.48. The number of fused-ring (bicyclic) bond motifs is 3. The third-order valence-corrected chi connectivity index (χ3v) is 3.23. The monoisotopic (exact) mass is 227 g/mol. The van der Waals surface area contributed by atoms with Crippen LogP contribution in [-0.2, 0) is 4.79 Å². The summed E-state index contributed by atoms with van der Waals surface area (Å²) in [6.07, 6.45) is 2.24. The predicted molar refractivity (Wildman–Crippen MR) is 60.2 cm³/mol. The van der Waals surface area contributed by atoms with E-state index in [0.717, 1.165) is 11.1 Å². The number of allylic oxidation sites excluding steroid dienone is 2. The Hall–Kier alpha value is -2.03. The number of benzene rings is 1. The quantitative estimate of drug-likeness (QED) is 0.500. The van der Waals surface area contributed by atoms with Crippen molar-refractivity contribution >= 4 is 5.97 Å². The molecule has 0 spiro atoms. The lowest BCUT2D eigenvalue weighted by Gasteiger charge is -2.33. The third-order valence-electron chi connectivity index (χ3n) is 3.23. The molecule has 0 fully saturated rings. The molecule has 2 aliphatic rings. The highest BCUT2D eigenvalue weighted by atomic mass is 16.5. The zero-order valence-corrected chi connectivity index (χ0v) is 9.40. The molecule has 3 nitrogen and oxygen atoms in total. The van der Waals surface area contributed by atoms with Crippen molar-refractivity contribution in [1.82, 2.24) is 0 Å².